The number of nitro groups is 1. The van der Waals surface area contributed by atoms with Crippen molar-refractivity contribution in [2.45, 2.75) is 26.2 Å². The number of aromatic nitrogens is 1. The number of fused-ring (bicyclic) bond motifs is 1. The lowest BCUT2D eigenvalue weighted by Gasteiger charge is -2.07. The number of carbonyl (C=O) groups is 2. The highest BCUT2D eigenvalue weighted by Gasteiger charge is 2.13. The molecule has 0 aliphatic carbocycles. The summed E-state index contributed by atoms with van der Waals surface area (Å²) < 4.78 is 6.08. The molecule has 0 bridgehead atoms. The SMILES string of the molecule is Cc1ccc(NC(=O)COC(=O)CCCc2nc3ccccc3s2)cc1[N+](=O)[O-]. The van der Waals surface area contributed by atoms with Crippen LogP contribution in [0.3, 0.4) is 0 Å². The molecule has 0 atom stereocenters. The van der Waals surface area contributed by atoms with Gasteiger partial charge in [-0.2, -0.15) is 0 Å². The summed E-state index contributed by atoms with van der Waals surface area (Å²) in [5, 5.41) is 14.4. The van der Waals surface area contributed by atoms with Crippen molar-refractivity contribution >= 4 is 44.8 Å². The van der Waals surface area contributed by atoms with Gasteiger partial charge in [-0.3, -0.25) is 19.7 Å². The van der Waals surface area contributed by atoms with Crippen LogP contribution in [0.25, 0.3) is 10.2 Å². The molecule has 0 fully saturated rings. The molecule has 150 valence electrons. The average molecular weight is 413 g/mol. The molecule has 0 aliphatic rings. The van der Waals surface area contributed by atoms with Gasteiger partial charge in [0.2, 0.25) is 0 Å². The quantitative estimate of drug-likeness (QED) is 0.339. The van der Waals surface area contributed by atoms with Crippen LogP contribution in [0.1, 0.15) is 23.4 Å². The second-order valence-electron chi connectivity index (χ2n) is 6.40. The summed E-state index contributed by atoms with van der Waals surface area (Å²) in [5.74, 6) is -1.03. The number of amides is 1. The van der Waals surface area contributed by atoms with E-state index in [1.165, 1.54) is 6.07 Å². The average Bonchev–Trinajstić information content (AvgIpc) is 3.10. The van der Waals surface area contributed by atoms with E-state index in [-0.39, 0.29) is 17.8 Å². The Kier molecular flexibility index (Phi) is 6.50. The highest BCUT2D eigenvalue weighted by molar-refractivity contribution is 7.18. The van der Waals surface area contributed by atoms with Crippen LogP contribution >= 0.6 is 11.3 Å². The number of thiazole rings is 1. The van der Waals surface area contributed by atoms with Crippen molar-refractivity contribution in [2.24, 2.45) is 0 Å². The van der Waals surface area contributed by atoms with Gasteiger partial charge >= 0.3 is 5.97 Å². The van der Waals surface area contributed by atoms with Crippen LogP contribution in [0.15, 0.2) is 42.5 Å². The molecule has 1 aromatic heterocycles. The number of esters is 1. The summed E-state index contributed by atoms with van der Waals surface area (Å²) >= 11 is 1.60. The second-order valence-corrected chi connectivity index (χ2v) is 7.51. The Morgan fingerprint density at radius 2 is 2.03 bits per heavy atom. The summed E-state index contributed by atoms with van der Waals surface area (Å²) in [7, 11) is 0. The lowest BCUT2D eigenvalue weighted by Crippen LogP contribution is -2.21. The molecule has 2 aromatic carbocycles. The fourth-order valence-corrected chi connectivity index (χ4v) is 3.72. The summed E-state index contributed by atoms with van der Waals surface area (Å²) in [6.45, 7) is 1.17. The van der Waals surface area contributed by atoms with E-state index in [4.69, 9.17) is 4.74 Å². The van der Waals surface area contributed by atoms with Crippen LogP contribution < -0.4 is 5.32 Å². The number of nitrogens with one attached hydrogen (secondary N) is 1. The second kappa shape index (κ2) is 9.24. The Bertz CT molecular complexity index is 1030. The number of ether oxygens (including phenoxy) is 1. The zero-order chi connectivity index (χ0) is 20.8. The molecule has 3 rings (SSSR count). The van der Waals surface area contributed by atoms with Crippen LogP contribution in [0.4, 0.5) is 11.4 Å². The first kappa shape index (κ1) is 20.4. The number of carbonyl (C=O) groups excluding carboxylic acids is 2. The maximum absolute atomic E-state index is 11.9. The number of hydrogen-bond donors (Lipinski definition) is 1. The van der Waals surface area contributed by atoms with Gasteiger partial charge in [-0.15, -0.1) is 11.3 Å². The Labute approximate surface area is 170 Å². The van der Waals surface area contributed by atoms with E-state index >= 15 is 0 Å². The lowest BCUT2D eigenvalue weighted by atomic mass is 10.2. The molecule has 0 saturated carbocycles. The van der Waals surface area contributed by atoms with E-state index in [0.29, 0.717) is 18.4 Å². The Balaban J connectivity index is 1.41. The van der Waals surface area contributed by atoms with Crippen molar-refractivity contribution in [3.05, 3.63) is 63.1 Å². The molecule has 0 aliphatic heterocycles. The monoisotopic (exact) mass is 413 g/mol. The summed E-state index contributed by atoms with van der Waals surface area (Å²) in [6, 6.07) is 12.2. The molecule has 0 saturated heterocycles. The Morgan fingerprint density at radius 3 is 2.79 bits per heavy atom. The largest absolute Gasteiger partial charge is 0.456 e. The van der Waals surface area contributed by atoms with Crippen LogP contribution in [0.2, 0.25) is 0 Å². The van der Waals surface area contributed by atoms with E-state index in [2.05, 4.69) is 10.3 Å². The van der Waals surface area contributed by atoms with Gasteiger partial charge in [0.05, 0.1) is 20.1 Å². The highest BCUT2D eigenvalue weighted by atomic mass is 32.1. The fourth-order valence-electron chi connectivity index (χ4n) is 2.71. The molecular weight excluding hydrogens is 394 g/mol. The first-order valence-electron chi connectivity index (χ1n) is 8.97. The zero-order valence-corrected chi connectivity index (χ0v) is 16.5. The van der Waals surface area contributed by atoms with Gasteiger partial charge in [0.1, 0.15) is 0 Å². The molecule has 0 unspecified atom stereocenters. The van der Waals surface area contributed by atoms with Gasteiger partial charge < -0.3 is 10.1 Å². The normalized spacial score (nSPS) is 10.7. The number of hydrogen-bond acceptors (Lipinski definition) is 7. The number of aryl methyl sites for hydroxylation is 2. The molecule has 1 amide bonds. The number of rotatable bonds is 8. The van der Waals surface area contributed by atoms with Crippen molar-refractivity contribution in [2.75, 3.05) is 11.9 Å². The minimum Gasteiger partial charge on any atom is -0.456 e. The fraction of sp³-hybridized carbons (Fsp3) is 0.250. The van der Waals surface area contributed by atoms with Crippen molar-refractivity contribution in [1.29, 1.82) is 0 Å². The Morgan fingerprint density at radius 1 is 1.24 bits per heavy atom. The minimum absolute atomic E-state index is 0.0883. The smallest absolute Gasteiger partial charge is 0.306 e. The maximum Gasteiger partial charge on any atom is 0.306 e. The minimum atomic E-state index is -0.553. The van der Waals surface area contributed by atoms with Gasteiger partial charge in [-0.05, 0) is 38.0 Å². The topological polar surface area (TPSA) is 111 Å². The van der Waals surface area contributed by atoms with E-state index in [0.717, 1.165) is 15.2 Å². The number of anilines is 1. The van der Waals surface area contributed by atoms with Gasteiger partial charge in [0.25, 0.3) is 11.6 Å². The van der Waals surface area contributed by atoms with E-state index < -0.39 is 23.4 Å². The van der Waals surface area contributed by atoms with Crippen LogP contribution in [0, 0.1) is 17.0 Å². The third-order valence-electron chi connectivity index (χ3n) is 4.16. The molecular formula is C20H19N3O5S. The molecule has 0 radical (unpaired) electrons. The number of nitrogens with zero attached hydrogens (tertiary/aromatic N) is 2. The predicted molar refractivity (Wildman–Crippen MR) is 110 cm³/mol. The van der Waals surface area contributed by atoms with Crippen LogP contribution in [-0.2, 0) is 20.7 Å². The predicted octanol–water partition coefficient (Wildman–Crippen LogP) is 4.02. The van der Waals surface area contributed by atoms with Crippen molar-refractivity contribution < 1.29 is 19.2 Å². The summed E-state index contributed by atoms with van der Waals surface area (Å²) in [5.41, 5.74) is 1.63. The third-order valence-corrected chi connectivity index (χ3v) is 5.26. The van der Waals surface area contributed by atoms with Crippen molar-refractivity contribution in [1.82, 2.24) is 4.98 Å². The van der Waals surface area contributed by atoms with Gasteiger partial charge in [-0.1, -0.05) is 18.2 Å². The van der Waals surface area contributed by atoms with E-state index in [1.807, 2.05) is 24.3 Å². The molecule has 8 nitrogen and oxygen atoms in total. The number of para-hydroxylation sites is 1. The Hall–Kier alpha value is -3.33. The molecule has 9 heteroatoms. The van der Waals surface area contributed by atoms with Gasteiger partial charge in [0.15, 0.2) is 6.61 Å². The first-order valence-corrected chi connectivity index (χ1v) is 9.79. The number of benzene rings is 2. The molecule has 3 aromatic rings. The van der Waals surface area contributed by atoms with Gasteiger partial charge in [-0.25, -0.2) is 4.98 Å². The molecule has 29 heavy (non-hydrogen) atoms. The molecule has 0 spiro atoms. The summed E-state index contributed by atoms with van der Waals surface area (Å²) in [4.78, 5) is 38.7. The highest BCUT2D eigenvalue weighted by Crippen LogP contribution is 2.23. The maximum atomic E-state index is 11.9. The number of nitro benzene ring substituents is 1. The van der Waals surface area contributed by atoms with Crippen molar-refractivity contribution in [3.8, 4) is 0 Å². The molecule has 1 heterocycles. The van der Waals surface area contributed by atoms with Gasteiger partial charge in [0, 0.05) is 23.7 Å². The first-order chi connectivity index (χ1) is 13.9. The van der Waals surface area contributed by atoms with Crippen molar-refractivity contribution in [3.63, 3.8) is 0 Å². The van der Waals surface area contributed by atoms with E-state index in [9.17, 15) is 19.7 Å². The summed E-state index contributed by atoms with van der Waals surface area (Å²) in [6.07, 6.45) is 1.41. The van der Waals surface area contributed by atoms with Crippen LogP contribution in [-0.4, -0.2) is 28.4 Å². The zero-order valence-electron chi connectivity index (χ0n) is 15.7. The standard InChI is InChI=1S/C20H19N3O5S/c1-13-9-10-14(11-16(13)23(26)27)21-18(24)12-28-20(25)8-4-7-19-22-15-5-2-3-6-17(15)29-19/h2-3,5-6,9-11H,4,7-8,12H2,1H3,(H,21,24). The lowest BCUT2D eigenvalue weighted by molar-refractivity contribution is -0.385. The van der Waals surface area contributed by atoms with E-state index in [1.54, 1.807) is 30.4 Å². The molecule has 1 N–H and O–H groups in total. The van der Waals surface area contributed by atoms with Crippen LogP contribution in [0.5, 0.6) is 0 Å². The third kappa shape index (κ3) is 5.58.